The van der Waals surface area contributed by atoms with Crippen molar-refractivity contribution in [3.05, 3.63) is 30.3 Å². The molecular weight excluding hydrogens is 377 g/mol. The van der Waals surface area contributed by atoms with Crippen LogP contribution in [0.1, 0.15) is 19.8 Å². The molecule has 2 aliphatic rings. The molecule has 8 nitrogen and oxygen atoms in total. The lowest BCUT2D eigenvalue weighted by Crippen LogP contribution is -2.25. The van der Waals surface area contributed by atoms with Gasteiger partial charge in [0.25, 0.3) is 0 Å². The Labute approximate surface area is 166 Å². The van der Waals surface area contributed by atoms with Gasteiger partial charge in [-0.25, -0.2) is 14.4 Å². The number of aliphatic hydroxyl groups excluding tert-OH is 1. The number of halogens is 1. The zero-order valence-electron chi connectivity index (χ0n) is 16.2. The Kier molecular flexibility index (Phi) is 4.18. The summed E-state index contributed by atoms with van der Waals surface area (Å²) < 4.78 is 25.6. The molecule has 9 heteroatoms. The summed E-state index contributed by atoms with van der Waals surface area (Å²) in [7, 11) is 1.58. The maximum Gasteiger partial charge on any atom is 0.167 e. The molecule has 0 spiro atoms. The second-order valence-electron chi connectivity index (χ2n) is 7.96. The quantitative estimate of drug-likeness (QED) is 0.679. The minimum atomic E-state index is -0.573. The van der Waals surface area contributed by atoms with Crippen LogP contribution in [0, 0.1) is 5.82 Å². The summed E-state index contributed by atoms with van der Waals surface area (Å²) in [6.07, 6.45) is 2.47. The first-order valence-electron chi connectivity index (χ1n) is 9.61. The van der Waals surface area contributed by atoms with Gasteiger partial charge < -0.3 is 19.5 Å². The average Bonchev–Trinajstić information content (AvgIpc) is 3.12. The molecule has 0 amide bonds. The Morgan fingerprint density at radius 1 is 1.24 bits per heavy atom. The van der Waals surface area contributed by atoms with Gasteiger partial charge >= 0.3 is 0 Å². The SMILES string of the molecule is CO[C@H]1CN(c2cc(-c3n[nH]c4cc(F)c(OC5(C)CC5)cc34)ncn2)C[C@@H]1O. The normalized spacial score (nSPS) is 23.0. The van der Waals surface area contributed by atoms with E-state index >= 15 is 0 Å². The Bertz CT molecular complexity index is 1070. The molecule has 152 valence electrons. The molecule has 2 N–H and O–H groups in total. The summed E-state index contributed by atoms with van der Waals surface area (Å²) in [5.74, 6) is 0.481. The number of benzene rings is 1. The van der Waals surface area contributed by atoms with Crippen molar-refractivity contribution >= 4 is 16.7 Å². The lowest BCUT2D eigenvalue weighted by atomic mass is 10.1. The monoisotopic (exact) mass is 399 g/mol. The molecule has 2 aromatic heterocycles. The third-order valence-electron chi connectivity index (χ3n) is 5.68. The Hall–Kier alpha value is -2.78. The zero-order valence-corrected chi connectivity index (χ0v) is 16.2. The molecule has 0 unspecified atom stereocenters. The number of β-amino-alcohol motifs (C(OH)–C–C–N with tert-alkyl or cyclic N) is 1. The Morgan fingerprint density at radius 2 is 2.07 bits per heavy atom. The van der Waals surface area contributed by atoms with Gasteiger partial charge in [-0.05, 0) is 25.8 Å². The molecule has 3 aromatic rings. The number of hydrogen-bond acceptors (Lipinski definition) is 7. The largest absolute Gasteiger partial charge is 0.484 e. The average molecular weight is 399 g/mol. The van der Waals surface area contributed by atoms with Crippen LogP contribution in [-0.2, 0) is 4.74 Å². The molecule has 1 saturated carbocycles. The van der Waals surface area contributed by atoms with Gasteiger partial charge in [-0.1, -0.05) is 0 Å². The fraction of sp³-hybridized carbons (Fsp3) is 0.450. The van der Waals surface area contributed by atoms with E-state index in [9.17, 15) is 9.50 Å². The molecule has 3 heterocycles. The number of rotatable bonds is 5. The van der Waals surface area contributed by atoms with Crippen LogP contribution in [0.5, 0.6) is 5.75 Å². The number of H-pyrrole nitrogens is 1. The van der Waals surface area contributed by atoms with E-state index in [0.717, 1.165) is 18.2 Å². The van der Waals surface area contributed by atoms with E-state index < -0.39 is 11.9 Å². The highest BCUT2D eigenvalue weighted by molar-refractivity contribution is 5.93. The van der Waals surface area contributed by atoms with Crippen LogP contribution in [-0.4, -0.2) is 63.3 Å². The number of aliphatic hydroxyl groups is 1. The van der Waals surface area contributed by atoms with Gasteiger partial charge in [-0.15, -0.1) is 0 Å². The second kappa shape index (κ2) is 6.64. The molecule has 0 radical (unpaired) electrons. The fourth-order valence-electron chi connectivity index (χ4n) is 3.66. The van der Waals surface area contributed by atoms with Gasteiger partial charge in [0, 0.05) is 37.7 Å². The van der Waals surface area contributed by atoms with Crippen LogP contribution in [0.15, 0.2) is 24.5 Å². The molecule has 1 aliphatic carbocycles. The van der Waals surface area contributed by atoms with Crippen molar-refractivity contribution < 1.29 is 19.0 Å². The molecule has 29 heavy (non-hydrogen) atoms. The molecule has 2 atom stereocenters. The van der Waals surface area contributed by atoms with Crippen molar-refractivity contribution in [3.8, 4) is 17.1 Å². The topological polar surface area (TPSA) is 96.4 Å². The number of methoxy groups -OCH3 is 1. The highest BCUT2D eigenvalue weighted by Crippen LogP contribution is 2.41. The van der Waals surface area contributed by atoms with Gasteiger partial charge in [0.2, 0.25) is 0 Å². The van der Waals surface area contributed by atoms with Crippen LogP contribution in [0.2, 0.25) is 0 Å². The molecule has 0 bridgehead atoms. The van der Waals surface area contributed by atoms with Gasteiger partial charge in [-0.3, -0.25) is 5.10 Å². The predicted octanol–water partition coefficient (Wildman–Crippen LogP) is 2.29. The lowest BCUT2D eigenvalue weighted by Gasteiger charge is -2.16. The summed E-state index contributed by atoms with van der Waals surface area (Å²) >= 11 is 0. The molecule has 5 rings (SSSR count). The number of nitrogens with zero attached hydrogens (tertiary/aromatic N) is 4. The smallest absolute Gasteiger partial charge is 0.167 e. The van der Waals surface area contributed by atoms with Crippen LogP contribution in [0.4, 0.5) is 10.2 Å². The Balaban J connectivity index is 1.50. The van der Waals surface area contributed by atoms with Gasteiger partial charge in [-0.2, -0.15) is 5.10 Å². The number of ether oxygens (including phenoxy) is 2. The van der Waals surface area contributed by atoms with Gasteiger partial charge in [0.1, 0.15) is 29.5 Å². The van der Waals surface area contributed by atoms with E-state index in [0.29, 0.717) is 35.8 Å². The predicted molar refractivity (Wildman–Crippen MR) is 104 cm³/mol. The van der Waals surface area contributed by atoms with E-state index in [-0.39, 0.29) is 17.5 Å². The highest BCUT2D eigenvalue weighted by Gasteiger charge is 2.40. The Morgan fingerprint density at radius 3 is 2.79 bits per heavy atom. The first-order chi connectivity index (χ1) is 14.0. The van der Waals surface area contributed by atoms with Crippen LogP contribution in [0.25, 0.3) is 22.3 Å². The summed E-state index contributed by atoms with van der Waals surface area (Å²) in [6, 6.07) is 4.89. The summed E-state index contributed by atoms with van der Waals surface area (Å²) in [5.41, 5.74) is 1.49. The van der Waals surface area contributed by atoms with E-state index in [2.05, 4.69) is 20.2 Å². The second-order valence-corrected chi connectivity index (χ2v) is 7.96. The fourth-order valence-corrected chi connectivity index (χ4v) is 3.66. The maximum absolute atomic E-state index is 14.4. The van der Waals surface area contributed by atoms with Gasteiger partial charge in [0.15, 0.2) is 11.6 Å². The van der Waals surface area contributed by atoms with Crippen molar-refractivity contribution in [1.82, 2.24) is 20.2 Å². The van der Waals surface area contributed by atoms with E-state index in [1.165, 1.54) is 12.4 Å². The van der Waals surface area contributed by atoms with Crippen molar-refractivity contribution in [1.29, 1.82) is 0 Å². The van der Waals surface area contributed by atoms with Crippen molar-refractivity contribution in [2.45, 2.75) is 37.6 Å². The van der Waals surface area contributed by atoms with Crippen molar-refractivity contribution in [2.75, 3.05) is 25.1 Å². The lowest BCUT2D eigenvalue weighted by molar-refractivity contribution is 0.0217. The number of hydrogen-bond donors (Lipinski definition) is 2. The summed E-state index contributed by atoms with van der Waals surface area (Å²) in [5, 5.41) is 18.0. The number of anilines is 1. The van der Waals surface area contributed by atoms with Crippen LogP contribution >= 0.6 is 0 Å². The van der Waals surface area contributed by atoms with Crippen molar-refractivity contribution in [2.24, 2.45) is 0 Å². The van der Waals surface area contributed by atoms with Crippen LogP contribution < -0.4 is 9.64 Å². The molecule has 1 saturated heterocycles. The molecule has 2 fully saturated rings. The number of aromatic amines is 1. The molecule has 1 aliphatic heterocycles. The standard InChI is InChI=1S/C20H22FN5O3/c1-20(3-4-20)29-16-5-11-13(6-12(16)21)24-25-19(11)14-7-18(23-10-22-14)26-8-15(27)17(9-26)28-2/h5-7,10,15,17,27H,3-4,8-9H2,1-2H3,(H,24,25)/t15-,17-/m0/s1. The number of aromatic nitrogens is 4. The van der Waals surface area contributed by atoms with E-state index in [4.69, 9.17) is 9.47 Å². The first-order valence-corrected chi connectivity index (χ1v) is 9.61. The third kappa shape index (κ3) is 3.30. The minimum absolute atomic E-state index is 0.222. The summed E-state index contributed by atoms with van der Waals surface area (Å²) in [4.78, 5) is 10.6. The van der Waals surface area contributed by atoms with Crippen molar-refractivity contribution in [3.63, 3.8) is 0 Å². The van der Waals surface area contributed by atoms with E-state index in [1.54, 1.807) is 13.2 Å². The first kappa shape index (κ1) is 18.3. The minimum Gasteiger partial charge on any atom is -0.484 e. The van der Waals surface area contributed by atoms with Gasteiger partial charge in [0.05, 0.1) is 17.3 Å². The number of nitrogens with one attached hydrogen (secondary N) is 1. The zero-order chi connectivity index (χ0) is 20.2. The maximum atomic E-state index is 14.4. The van der Waals surface area contributed by atoms with E-state index in [1.807, 2.05) is 17.9 Å². The molecular formula is C20H22FN5O3. The number of fused-ring (bicyclic) bond motifs is 1. The molecule has 1 aromatic carbocycles. The highest BCUT2D eigenvalue weighted by atomic mass is 19.1. The third-order valence-corrected chi connectivity index (χ3v) is 5.68. The van der Waals surface area contributed by atoms with Crippen LogP contribution in [0.3, 0.4) is 0 Å². The summed E-state index contributed by atoms with van der Waals surface area (Å²) in [6.45, 7) is 2.94.